The van der Waals surface area contributed by atoms with Crippen molar-refractivity contribution in [2.75, 3.05) is 0 Å². The van der Waals surface area contributed by atoms with E-state index in [1.54, 1.807) is 0 Å². The van der Waals surface area contributed by atoms with Crippen molar-refractivity contribution in [2.45, 2.75) is 33.4 Å². The summed E-state index contributed by atoms with van der Waals surface area (Å²) in [5.41, 5.74) is 2.28. The van der Waals surface area contributed by atoms with Crippen LogP contribution in [-0.4, -0.2) is 0 Å². The Labute approximate surface area is 127 Å². The summed E-state index contributed by atoms with van der Waals surface area (Å²) in [5.74, 6) is 1.92. The summed E-state index contributed by atoms with van der Waals surface area (Å²) in [7, 11) is 0. The predicted octanol–water partition coefficient (Wildman–Crippen LogP) is 5.16. The molecule has 19 heavy (non-hydrogen) atoms. The van der Waals surface area contributed by atoms with Crippen molar-refractivity contribution in [2.24, 2.45) is 0 Å². The molecule has 1 N–H and O–H groups in total. The van der Waals surface area contributed by atoms with Gasteiger partial charge in [-0.15, -0.1) is 0 Å². The van der Waals surface area contributed by atoms with E-state index in [0.717, 1.165) is 33.1 Å². The molecule has 0 aliphatic carbocycles. The van der Waals surface area contributed by atoms with Crippen LogP contribution < -0.4 is 5.32 Å². The van der Waals surface area contributed by atoms with E-state index in [1.165, 1.54) is 5.56 Å². The Morgan fingerprint density at radius 1 is 1.32 bits per heavy atom. The molecule has 0 saturated carbocycles. The Morgan fingerprint density at radius 2 is 2.05 bits per heavy atom. The number of nitrogens with one attached hydrogen (secondary N) is 1. The highest BCUT2D eigenvalue weighted by molar-refractivity contribution is 9.10. The third-order valence-corrected chi connectivity index (χ3v) is 4.01. The monoisotopic (exact) mass is 341 g/mol. The van der Waals surface area contributed by atoms with Crippen molar-refractivity contribution in [1.82, 2.24) is 5.32 Å². The van der Waals surface area contributed by atoms with Crippen LogP contribution in [0.4, 0.5) is 0 Å². The molecule has 1 aromatic carbocycles. The van der Waals surface area contributed by atoms with Crippen LogP contribution in [0.25, 0.3) is 0 Å². The highest BCUT2D eigenvalue weighted by Gasteiger charge is 2.12. The molecule has 2 aromatic rings. The van der Waals surface area contributed by atoms with Crippen LogP contribution in [0.15, 0.2) is 33.2 Å². The lowest BCUT2D eigenvalue weighted by Crippen LogP contribution is -2.18. The summed E-state index contributed by atoms with van der Waals surface area (Å²) in [6, 6.07) is 8.19. The maximum Gasteiger partial charge on any atom is 0.105 e. The first kappa shape index (κ1) is 14.6. The fourth-order valence-electron chi connectivity index (χ4n) is 2.13. The quantitative estimate of drug-likeness (QED) is 0.830. The molecule has 1 atom stereocenters. The Balaban J connectivity index is 2.06. The van der Waals surface area contributed by atoms with Crippen molar-refractivity contribution in [1.29, 1.82) is 0 Å². The molecule has 0 aliphatic heterocycles. The van der Waals surface area contributed by atoms with E-state index in [2.05, 4.69) is 34.2 Å². The van der Waals surface area contributed by atoms with Crippen molar-refractivity contribution in [3.8, 4) is 0 Å². The van der Waals surface area contributed by atoms with Crippen LogP contribution >= 0.6 is 27.5 Å². The molecule has 1 aromatic heterocycles. The molecule has 2 nitrogen and oxygen atoms in total. The van der Waals surface area contributed by atoms with Crippen LogP contribution in [0.3, 0.4) is 0 Å². The van der Waals surface area contributed by atoms with E-state index in [1.807, 2.05) is 32.0 Å². The second-order valence-corrected chi connectivity index (χ2v) is 6.03. The lowest BCUT2D eigenvalue weighted by Gasteiger charge is -2.14. The standard InChI is InChI=1S/C15H17BrClNO/c1-9-6-14(11(3)19-9)10(2)18-8-12-7-13(16)4-5-15(12)17/h4-7,10,18H,8H2,1-3H3. The Kier molecular flexibility index (Phi) is 4.71. The van der Waals surface area contributed by atoms with E-state index in [-0.39, 0.29) is 6.04 Å². The second kappa shape index (κ2) is 6.12. The SMILES string of the molecule is Cc1cc(C(C)NCc2cc(Br)ccc2Cl)c(C)o1. The van der Waals surface area contributed by atoms with E-state index >= 15 is 0 Å². The van der Waals surface area contributed by atoms with Crippen molar-refractivity contribution >= 4 is 27.5 Å². The normalized spacial score (nSPS) is 12.7. The lowest BCUT2D eigenvalue weighted by molar-refractivity contribution is 0.489. The number of furan rings is 1. The molecule has 0 saturated heterocycles. The molecule has 0 aliphatic rings. The summed E-state index contributed by atoms with van der Waals surface area (Å²) >= 11 is 9.64. The largest absolute Gasteiger partial charge is 0.466 e. The van der Waals surface area contributed by atoms with E-state index in [9.17, 15) is 0 Å². The van der Waals surface area contributed by atoms with E-state index in [0.29, 0.717) is 0 Å². The smallest absolute Gasteiger partial charge is 0.105 e. The van der Waals surface area contributed by atoms with E-state index in [4.69, 9.17) is 16.0 Å². The zero-order chi connectivity index (χ0) is 14.0. The minimum absolute atomic E-state index is 0.229. The fourth-order valence-corrected chi connectivity index (χ4v) is 2.73. The number of hydrogen-bond acceptors (Lipinski definition) is 2. The zero-order valence-electron chi connectivity index (χ0n) is 11.3. The molecule has 0 amide bonds. The van der Waals surface area contributed by atoms with Gasteiger partial charge in [0.15, 0.2) is 0 Å². The minimum atomic E-state index is 0.229. The molecule has 102 valence electrons. The number of aryl methyl sites for hydroxylation is 2. The average molecular weight is 343 g/mol. The molecular formula is C15H17BrClNO. The number of benzene rings is 1. The van der Waals surface area contributed by atoms with Gasteiger partial charge in [0.05, 0.1) is 0 Å². The first-order chi connectivity index (χ1) is 8.97. The molecule has 0 radical (unpaired) electrons. The highest BCUT2D eigenvalue weighted by Crippen LogP contribution is 2.24. The summed E-state index contributed by atoms with van der Waals surface area (Å²) < 4.78 is 6.60. The van der Waals surface area contributed by atoms with Crippen LogP contribution in [0.1, 0.15) is 35.6 Å². The predicted molar refractivity (Wildman–Crippen MR) is 82.6 cm³/mol. The summed E-state index contributed by atoms with van der Waals surface area (Å²) in [6.07, 6.45) is 0. The van der Waals surface area contributed by atoms with E-state index < -0.39 is 0 Å². The van der Waals surface area contributed by atoms with Gasteiger partial charge in [-0.25, -0.2) is 0 Å². The van der Waals surface area contributed by atoms with Gasteiger partial charge in [-0.2, -0.15) is 0 Å². The molecule has 0 bridgehead atoms. The summed E-state index contributed by atoms with van der Waals surface area (Å²) in [4.78, 5) is 0. The molecule has 0 fully saturated rings. The van der Waals surface area contributed by atoms with Gasteiger partial charge >= 0.3 is 0 Å². The lowest BCUT2D eigenvalue weighted by atomic mass is 10.1. The average Bonchev–Trinajstić information content (AvgIpc) is 2.69. The maximum absolute atomic E-state index is 6.18. The first-order valence-corrected chi connectivity index (χ1v) is 7.38. The maximum atomic E-state index is 6.18. The molecule has 1 unspecified atom stereocenters. The third kappa shape index (κ3) is 3.62. The second-order valence-electron chi connectivity index (χ2n) is 4.71. The zero-order valence-corrected chi connectivity index (χ0v) is 13.6. The molecular weight excluding hydrogens is 326 g/mol. The van der Waals surface area contributed by atoms with Crippen LogP contribution in [0.5, 0.6) is 0 Å². The van der Waals surface area contributed by atoms with Gasteiger partial charge < -0.3 is 9.73 Å². The van der Waals surface area contributed by atoms with Gasteiger partial charge in [0.2, 0.25) is 0 Å². The van der Waals surface area contributed by atoms with Gasteiger partial charge in [0.1, 0.15) is 11.5 Å². The van der Waals surface area contributed by atoms with Crippen LogP contribution in [-0.2, 0) is 6.54 Å². The third-order valence-electron chi connectivity index (χ3n) is 3.15. The fraction of sp³-hybridized carbons (Fsp3) is 0.333. The van der Waals surface area contributed by atoms with Crippen molar-refractivity contribution in [3.63, 3.8) is 0 Å². The molecule has 4 heteroatoms. The molecule has 2 rings (SSSR count). The molecule has 0 spiro atoms. The van der Waals surface area contributed by atoms with Crippen molar-refractivity contribution < 1.29 is 4.42 Å². The van der Waals surface area contributed by atoms with Crippen LogP contribution in [0, 0.1) is 13.8 Å². The summed E-state index contributed by atoms with van der Waals surface area (Å²) in [6.45, 7) is 6.81. The van der Waals surface area contributed by atoms with Crippen molar-refractivity contribution in [3.05, 3.63) is 56.4 Å². The Morgan fingerprint density at radius 3 is 2.68 bits per heavy atom. The molecule has 1 heterocycles. The summed E-state index contributed by atoms with van der Waals surface area (Å²) in [5, 5.41) is 4.25. The number of hydrogen-bond donors (Lipinski definition) is 1. The van der Waals surface area contributed by atoms with Gasteiger partial charge in [-0.05, 0) is 50.6 Å². The Bertz CT molecular complexity index is 580. The van der Waals surface area contributed by atoms with Gasteiger partial charge in [0, 0.05) is 27.6 Å². The Hall–Kier alpha value is -0.770. The number of rotatable bonds is 4. The van der Waals surface area contributed by atoms with Gasteiger partial charge in [-0.1, -0.05) is 27.5 Å². The number of halogens is 2. The first-order valence-electron chi connectivity index (χ1n) is 6.21. The minimum Gasteiger partial charge on any atom is -0.466 e. The van der Waals surface area contributed by atoms with Crippen LogP contribution in [0.2, 0.25) is 5.02 Å². The van der Waals surface area contributed by atoms with Gasteiger partial charge in [0.25, 0.3) is 0 Å². The van der Waals surface area contributed by atoms with Gasteiger partial charge in [-0.3, -0.25) is 0 Å². The topological polar surface area (TPSA) is 25.2 Å². The highest BCUT2D eigenvalue weighted by atomic mass is 79.9.